The van der Waals surface area contributed by atoms with Gasteiger partial charge in [-0.05, 0) is 111 Å². The Balaban J connectivity index is 1.18. The summed E-state index contributed by atoms with van der Waals surface area (Å²) in [6.07, 6.45) is 14.3. The molecular weight excluding hydrogens is 440 g/mol. The second-order valence-corrected chi connectivity index (χ2v) is 12.7. The van der Waals surface area contributed by atoms with E-state index in [1.165, 1.54) is 51.4 Å². The average Bonchev–Trinajstić information content (AvgIpc) is 3.17. The van der Waals surface area contributed by atoms with Crippen LogP contribution in [0.1, 0.15) is 90.9 Å². The summed E-state index contributed by atoms with van der Waals surface area (Å²) in [5.41, 5.74) is 6.31. The first kappa shape index (κ1) is 27.3. The second kappa shape index (κ2) is 12.2. The molecule has 6 nitrogen and oxygen atoms in total. The SMILES string of the molecule is C[C@]12CC[C@@H](O)CC1CCC1C2CC[C@@]2(C)C1CC[C@@H]2CCCC(=O)NCCOCCOCCN. The Morgan fingerprint density at radius 2 is 1.69 bits per heavy atom. The van der Waals surface area contributed by atoms with Crippen LogP contribution in [0.3, 0.4) is 0 Å². The molecule has 4 fully saturated rings. The topological polar surface area (TPSA) is 93.8 Å². The molecule has 0 aromatic rings. The highest BCUT2D eigenvalue weighted by molar-refractivity contribution is 5.75. The van der Waals surface area contributed by atoms with Gasteiger partial charge in [-0.3, -0.25) is 4.79 Å². The number of hydrogen-bond acceptors (Lipinski definition) is 5. The number of rotatable bonds is 12. The number of fused-ring (bicyclic) bond motifs is 5. The van der Waals surface area contributed by atoms with Crippen molar-refractivity contribution in [3.8, 4) is 0 Å². The molecule has 202 valence electrons. The quantitative estimate of drug-likeness (QED) is 0.354. The molecule has 6 heteroatoms. The predicted molar refractivity (Wildman–Crippen MR) is 139 cm³/mol. The van der Waals surface area contributed by atoms with Gasteiger partial charge < -0.3 is 25.6 Å². The third-order valence-electron chi connectivity index (χ3n) is 11.0. The highest BCUT2D eigenvalue weighted by atomic mass is 16.5. The van der Waals surface area contributed by atoms with Gasteiger partial charge in [0.05, 0.1) is 32.5 Å². The van der Waals surface area contributed by atoms with Crippen LogP contribution in [0.25, 0.3) is 0 Å². The van der Waals surface area contributed by atoms with Gasteiger partial charge >= 0.3 is 0 Å². The summed E-state index contributed by atoms with van der Waals surface area (Å²) >= 11 is 0. The van der Waals surface area contributed by atoms with E-state index in [2.05, 4.69) is 19.2 Å². The highest BCUT2D eigenvalue weighted by Crippen LogP contribution is 2.67. The van der Waals surface area contributed by atoms with Crippen molar-refractivity contribution in [1.29, 1.82) is 0 Å². The van der Waals surface area contributed by atoms with Crippen LogP contribution in [0.2, 0.25) is 0 Å². The lowest BCUT2D eigenvalue weighted by molar-refractivity contribution is -0.127. The van der Waals surface area contributed by atoms with Crippen LogP contribution >= 0.6 is 0 Å². The van der Waals surface area contributed by atoms with Gasteiger partial charge in [-0.25, -0.2) is 0 Å². The first-order valence-electron chi connectivity index (χ1n) is 14.7. The molecule has 4 aliphatic rings. The first-order valence-corrected chi connectivity index (χ1v) is 14.7. The molecule has 0 heterocycles. The molecule has 0 saturated heterocycles. The standard InChI is InChI=1S/C29H52N2O4/c1-28-13-11-26-24(8-6-22-20-23(32)10-12-29(22,26)2)25(28)9-7-21(28)4-3-5-27(33)31-15-17-35-19-18-34-16-14-30/h21-26,32H,3-20,30H2,1-2H3,(H,31,33)/t21-,22?,23+,24?,25?,26?,28+,29-/m0/s1. The van der Waals surface area contributed by atoms with E-state index >= 15 is 0 Å². The van der Waals surface area contributed by atoms with Crippen molar-refractivity contribution >= 4 is 5.91 Å². The number of carbonyl (C=O) groups excluding carboxylic acids is 1. The number of aliphatic hydroxyl groups is 1. The lowest BCUT2D eigenvalue weighted by atomic mass is 9.44. The summed E-state index contributed by atoms with van der Waals surface area (Å²) in [6.45, 7) is 8.46. The molecule has 4 saturated carbocycles. The van der Waals surface area contributed by atoms with Gasteiger partial charge in [0.1, 0.15) is 0 Å². The van der Waals surface area contributed by atoms with Crippen LogP contribution in [0.4, 0.5) is 0 Å². The summed E-state index contributed by atoms with van der Waals surface area (Å²) in [5.74, 6) is 4.29. The largest absolute Gasteiger partial charge is 0.393 e. The van der Waals surface area contributed by atoms with E-state index in [0.717, 1.165) is 48.9 Å². The van der Waals surface area contributed by atoms with Crippen LogP contribution in [-0.4, -0.2) is 56.6 Å². The van der Waals surface area contributed by atoms with Crippen LogP contribution in [-0.2, 0) is 14.3 Å². The average molecular weight is 493 g/mol. The van der Waals surface area contributed by atoms with Gasteiger partial charge in [0.25, 0.3) is 0 Å². The Hall–Kier alpha value is -0.690. The van der Waals surface area contributed by atoms with Crippen molar-refractivity contribution in [3.63, 3.8) is 0 Å². The first-order chi connectivity index (χ1) is 16.9. The van der Waals surface area contributed by atoms with Crippen LogP contribution in [0.15, 0.2) is 0 Å². The molecule has 0 bridgehead atoms. The van der Waals surface area contributed by atoms with Crippen molar-refractivity contribution in [3.05, 3.63) is 0 Å². The maximum Gasteiger partial charge on any atom is 0.220 e. The van der Waals surface area contributed by atoms with Gasteiger partial charge in [-0.2, -0.15) is 0 Å². The highest BCUT2D eigenvalue weighted by Gasteiger charge is 2.59. The number of aliphatic hydroxyl groups excluding tert-OH is 1. The minimum absolute atomic E-state index is 0.0554. The third kappa shape index (κ3) is 6.08. The van der Waals surface area contributed by atoms with Gasteiger partial charge in [0, 0.05) is 19.5 Å². The molecule has 4 unspecified atom stereocenters. The molecule has 4 aliphatic carbocycles. The van der Waals surface area contributed by atoms with E-state index < -0.39 is 0 Å². The second-order valence-electron chi connectivity index (χ2n) is 12.7. The van der Waals surface area contributed by atoms with Crippen molar-refractivity contribution in [1.82, 2.24) is 5.32 Å². The summed E-state index contributed by atoms with van der Waals surface area (Å²) in [7, 11) is 0. The molecule has 1 amide bonds. The molecule has 35 heavy (non-hydrogen) atoms. The number of nitrogens with two attached hydrogens (primary N) is 1. The number of hydrogen-bond donors (Lipinski definition) is 3. The number of carbonyl (C=O) groups is 1. The van der Waals surface area contributed by atoms with E-state index in [4.69, 9.17) is 15.2 Å². The molecule has 0 spiro atoms. The molecule has 4 rings (SSSR count). The van der Waals surface area contributed by atoms with Crippen LogP contribution in [0.5, 0.6) is 0 Å². The van der Waals surface area contributed by atoms with Crippen LogP contribution in [0, 0.1) is 40.4 Å². The maximum absolute atomic E-state index is 12.3. The van der Waals surface area contributed by atoms with Crippen molar-refractivity contribution < 1.29 is 19.4 Å². The van der Waals surface area contributed by atoms with Crippen molar-refractivity contribution in [2.75, 3.05) is 39.5 Å². The Morgan fingerprint density at radius 3 is 2.49 bits per heavy atom. The molecular formula is C29H52N2O4. The van der Waals surface area contributed by atoms with E-state index in [9.17, 15) is 9.90 Å². The fourth-order valence-electron chi connectivity index (χ4n) is 9.08. The maximum atomic E-state index is 12.3. The molecule has 0 aromatic heterocycles. The van der Waals surface area contributed by atoms with Crippen molar-refractivity contribution in [2.24, 2.45) is 46.2 Å². The zero-order valence-electron chi connectivity index (χ0n) is 22.4. The number of ether oxygens (including phenoxy) is 2. The Kier molecular flexibility index (Phi) is 9.56. The number of nitrogens with one attached hydrogen (secondary N) is 1. The zero-order chi connectivity index (χ0) is 24.9. The summed E-state index contributed by atoms with van der Waals surface area (Å²) in [6, 6.07) is 0. The van der Waals surface area contributed by atoms with Gasteiger partial charge in [-0.15, -0.1) is 0 Å². The zero-order valence-corrected chi connectivity index (χ0v) is 22.4. The predicted octanol–water partition coefficient (Wildman–Crippen LogP) is 4.28. The Morgan fingerprint density at radius 1 is 0.943 bits per heavy atom. The smallest absolute Gasteiger partial charge is 0.220 e. The minimum atomic E-state index is -0.0554. The lowest BCUT2D eigenvalue weighted by Gasteiger charge is -2.61. The normalized spacial score (nSPS) is 40.6. The van der Waals surface area contributed by atoms with E-state index in [1.54, 1.807) is 0 Å². The van der Waals surface area contributed by atoms with Crippen molar-refractivity contribution in [2.45, 2.75) is 97.0 Å². The van der Waals surface area contributed by atoms with Crippen LogP contribution < -0.4 is 11.1 Å². The van der Waals surface area contributed by atoms with Gasteiger partial charge in [0.15, 0.2) is 0 Å². The Labute approximate surface area is 213 Å². The summed E-state index contributed by atoms with van der Waals surface area (Å²) in [4.78, 5) is 12.3. The summed E-state index contributed by atoms with van der Waals surface area (Å²) in [5, 5.41) is 13.3. The third-order valence-corrected chi connectivity index (χ3v) is 11.0. The molecule has 8 atom stereocenters. The molecule has 0 radical (unpaired) electrons. The molecule has 0 aromatic carbocycles. The van der Waals surface area contributed by atoms with E-state index in [-0.39, 0.29) is 12.0 Å². The van der Waals surface area contributed by atoms with E-state index in [0.29, 0.717) is 56.8 Å². The molecule has 0 aliphatic heterocycles. The summed E-state index contributed by atoms with van der Waals surface area (Å²) < 4.78 is 10.8. The van der Waals surface area contributed by atoms with Gasteiger partial charge in [-0.1, -0.05) is 13.8 Å². The lowest BCUT2D eigenvalue weighted by Crippen LogP contribution is -2.53. The fourth-order valence-corrected chi connectivity index (χ4v) is 9.08. The van der Waals surface area contributed by atoms with Gasteiger partial charge in [0.2, 0.25) is 5.91 Å². The monoisotopic (exact) mass is 492 g/mol. The number of amides is 1. The Bertz CT molecular complexity index is 690. The molecule has 4 N–H and O–H groups in total. The van der Waals surface area contributed by atoms with E-state index in [1.807, 2.05) is 0 Å². The minimum Gasteiger partial charge on any atom is -0.393 e. The fraction of sp³-hybridized carbons (Fsp3) is 0.966.